The van der Waals surface area contributed by atoms with Gasteiger partial charge in [0.05, 0.1) is 11.4 Å². The zero-order valence-electron chi connectivity index (χ0n) is 17.0. The number of nitrogens with one attached hydrogen (secondary N) is 2. The Morgan fingerprint density at radius 1 is 1.03 bits per heavy atom. The predicted octanol–water partition coefficient (Wildman–Crippen LogP) is 1.11. The molecule has 2 fully saturated rings. The highest BCUT2D eigenvalue weighted by Crippen LogP contribution is 2.20. The highest BCUT2D eigenvalue weighted by molar-refractivity contribution is 7.12. The third kappa shape index (κ3) is 4.61. The van der Waals surface area contributed by atoms with Crippen LogP contribution in [0.1, 0.15) is 32.9 Å². The van der Waals surface area contributed by atoms with E-state index in [1.165, 1.54) is 16.2 Å². The molecular weight excluding hydrogens is 416 g/mol. The lowest BCUT2D eigenvalue weighted by Crippen LogP contribution is -2.63. The number of piperidine rings is 1. The molecule has 0 saturated carbocycles. The summed E-state index contributed by atoms with van der Waals surface area (Å²) in [5.41, 5.74) is 0.534. The van der Waals surface area contributed by atoms with Crippen LogP contribution in [0.4, 0.5) is 0 Å². The largest absolute Gasteiger partial charge is 0.354 e. The minimum atomic E-state index is -0.870. The van der Waals surface area contributed by atoms with Gasteiger partial charge in [-0.25, -0.2) is 0 Å². The van der Waals surface area contributed by atoms with Crippen LogP contribution in [0.5, 0.6) is 0 Å². The summed E-state index contributed by atoms with van der Waals surface area (Å²) in [6.45, 7) is 1.24. The maximum absolute atomic E-state index is 13.2. The van der Waals surface area contributed by atoms with Crippen molar-refractivity contribution in [2.24, 2.45) is 0 Å². The van der Waals surface area contributed by atoms with Crippen LogP contribution in [-0.2, 0) is 9.59 Å². The number of nitrogens with zero attached hydrogens (tertiary/aromatic N) is 2. The third-order valence-electron chi connectivity index (χ3n) is 5.59. The summed E-state index contributed by atoms with van der Waals surface area (Å²) < 4.78 is 0. The van der Waals surface area contributed by atoms with E-state index in [0.717, 1.165) is 6.42 Å². The van der Waals surface area contributed by atoms with Crippen molar-refractivity contribution in [3.8, 4) is 0 Å². The highest BCUT2D eigenvalue weighted by atomic mass is 32.1. The lowest BCUT2D eigenvalue weighted by Gasteiger charge is -2.41. The van der Waals surface area contributed by atoms with Gasteiger partial charge in [-0.05, 0) is 36.4 Å². The summed E-state index contributed by atoms with van der Waals surface area (Å²) in [4.78, 5) is 54.9. The van der Waals surface area contributed by atoms with Gasteiger partial charge in [0.1, 0.15) is 12.1 Å². The van der Waals surface area contributed by atoms with Crippen LogP contribution < -0.4 is 10.6 Å². The van der Waals surface area contributed by atoms with Gasteiger partial charge in [0.2, 0.25) is 11.8 Å². The van der Waals surface area contributed by atoms with Crippen molar-refractivity contribution in [1.29, 1.82) is 0 Å². The molecule has 4 amide bonds. The first-order valence-electron chi connectivity index (χ1n) is 10.3. The first-order valence-corrected chi connectivity index (χ1v) is 11.2. The van der Waals surface area contributed by atoms with E-state index >= 15 is 0 Å². The summed E-state index contributed by atoms with van der Waals surface area (Å²) in [7, 11) is 0. The number of piperazine rings is 1. The van der Waals surface area contributed by atoms with E-state index in [-0.39, 0.29) is 30.8 Å². The third-order valence-corrected chi connectivity index (χ3v) is 6.44. The molecule has 4 rings (SSSR count). The zero-order valence-corrected chi connectivity index (χ0v) is 17.8. The van der Waals surface area contributed by atoms with E-state index in [4.69, 9.17) is 0 Å². The molecule has 2 aliphatic rings. The van der Waals surface area contributed by atoms with Crippen molar-refractivity contribution >= 4 is 35.0 Å². The summed E-state index contributed by atoms with van der Waals surface area (Å²) in [5.74, 6) is -1.06. The van der Waals surface area contributed by atoms with Gasteiger partial charge in [0.25, 0.3) is 11.8 Å². The first kappa shape index (κ1) is 21.0. The number of thiophene rings is 1. The average Bonchev–Trinajstić information content (AvgIpc) is 3.35. The molecule has 0 bridgehead atoms. The lowest BCUT2D eigenvalue weighted by molar-refractivity contribution is -0.133. The standard InChI is InChI=1S/C22H24N4O4S/c27-19-16(8-4-10-23-19)24-20(28)17-14-25(21(29)15-6-2-1-3-7-15)11-12-26(17)22(30)18-9-5-13-31-18/h1-3,5-7,9,13,16-17H,4,8,10-12,14H2,(H,23,27)(H,24,28)/t16-,17-/m1/s1. The molecule has 31 heavy (non-hydrogen) atoms. The predicted molar refractivity (Wildman–Crippen MR) is 116 cm³/mol. The maximum Gasteiger partial charge on any atom is 0.264 e. The Kier molecular flexibility index (Phi) is 6.31. The second-order valence-corrected chi connectivity index (χ2v) is 8.55. The molecule has 2 aromatic rings. The molecule has 8 nitrogen and oxygen atoms in total. The van der Waals surface area contributed by atoms with E-state index in [2.05, 4.69) is 10.6 Å². The van der Waals surface area contributed by atoms with Crippen molar-refractivity contribution in [3.05, 3.63) is 58.3 Å². The van der Waals surface area contributed by atoms with Crippen LogP contribution in [-0.4, -0.2) is 71.7 Å². The van der Waals surface area contributed by atoms with E-state index in [0.29, 0.717) is 30.0 Å². The molecule has 162 valence electrons. The molecular formula is C22H24N4O4S. The monoisotopic (exact) mass is 440 g/mol. The van der Waals surface area contributed by atoms with Gasteiger partial charge in [-0.2, -0.15) is 0 Å². The van der Waals surface area contributed by atoms with Crippen molar-refractivity contribution in [2.45, 2.75) is 24.9 Å². The van der Waals surface area contributed by atoms with Crippen molar-refractivity contribution in [2.75, 3.05) is 26.2 Å². The normalized spacial score (nSPS) is 21.4. The molecule has 9 heteroatoms. The summed E-state index contributed by atoms with van der Waals surface area (Å²) >= 11 is 1.31. The van der Waals surface area contributed by atoms with Crippen LogP contribution in [0.15, 0.2) is 47.8 Å². The first-order chi connectivity index (χ1) is 15.0. The fourth-order valence-electron chi connectivity index (χ4n) is 3.92. The van der Waals surface area contributed by atoms with Crippen molar-refractivity contribution < 1.29 is 19.2 Å². The molecule has 3 heterocycles. The molecule has 2 aliphatic heterocycles. The van der Waals surface area contributed by atoms with Gasteiger partial charge in [-0.3, -0.25) is 19.2 Å². The second kappa shape index (κ2) is 9.30. The molecule has 2 atom stereocenters. The second-order valence-electron chi connectivity index (χ2n) is 7.60. The maximum atomic E-state index is 13.2. The molecule has 0 spiro atoms. The fourth-order valence-corrected chi connectivity index (χ4v) is 4.60. The Hall–Kier alpha value is -3.20. The average molecular weight is 441 g/mol. The Labute approximate surface area is 184 Å². The quantitative estimate of drug-likeness (QED) is 0.744. The van der Waals surface area contributed by atoms with Gasteiger partial charge < -0.3 is 20.4 Å². The number of carbonyl (C=O) groups is 4. The summed E-state index contributed by atoms with van der Waals surface area (Å²) in [6, 6.07) is 10.9. The van der Waals surface area contributed by atoms with Crippen LogP contribution >= 0.6 is 11.3 Å². The van der Waals surface area contributed by atoms with E-state index in [1.807, 2.05) is 11.4 Å². The van der Waals surface area contributed by atoms with Gasteiger partial charge in [0, 0.05) is 25.2 Å². The van der Waals surface area contributed by atoms with Crippen LogP contribution in [0, 0.1) is 0 Å². The van der Waals surface area contributed by atoms with Gasteiger partial charge in [-0.1, -0.05) is 24.3 Å². The number of hydrogen-bond donors (Lipinski definition) is 2. The Balaban J connectivity index is 1.54. The molecule has 2 N–H and O–H groups in total. The van der Waals surface area contributed by atoms with Crippen LogP contribution in [0.3, 0.4) is 0 Å². The lowest BCUT2D eigenvalue weighted by atomic mass is 10.0. The number of carbonyl (C=O) groups excluding carboxylic acids is 4. The Morgan fingerprint density at radius 3 is 2.55 bits per heavy atom. The topological polar surface area (TPSA) is 98.8 Å². The Bertz CT molecular complexity index is 963. The van der Waals surface area contributed by atoms with E-state index in [1.54, 1.807) is 41.3 Å². The van der Waals surface area contributed by atoms with Crippen LogP contribution in [0.2, 0.25) is 0 Å². The van der Waals surface area contributed by atoms with Gasteiger partial charge >= 0.3 is 0 Å². The molecule has 0 aliphatic carbocycles. The molecule has 2 saturated heterocycles. The molecule has 0 radical (unpaired) electrons. The van der Waals surface area contributed by atoms with Crippen molar-refractivity contribution in [3.63, 3.8) is 0 Å². The summed E-state index contributed by atoms with van der Waals surface area (Å²) in [5, 5.41) is 7.35. The SMILES string of the molecule is O=C(N[C@@H]1CCCNC1=O)[C@H]1CN(C(=O)c2ccccc2)CCN1C(=O)c1cccs1. The minimum Gasteiger partial charge on any atom is -0.354 e. The minimum absolute atomic E-state index is 0.0744. The molecule has 1 aromatic carbocycles. The number of benzene rings is 1. The van der Waals surface area contributed by atoms with Crippen LogP contribution in [0.25, 0.3) is 0 Å². The number of rotatable bonds is 4. The number of amides is 4. The zero-order chi connectivity index (χ0) is 21.8. The smallest absolute Gasteiger partial charge is 0.264 e. The summed E-state index contributed by atoms with van der Waals surface area (Å²) in [6.07, 6.45) is 1.33. The fraction of sp³-hybridized carbons (Fsp3) is 0.364. The van der Waals surface area contributed by atoms with Gasteiger partial charge in [0.15, 0.2) is 0 Å². The van der Waals surface area contributed by atoms with Crippen molar-refractivity contribution in [1.82, 2.24) is 20.4 Å². The number of hydrogen-bond acceptors (Lipinski definition) is 5. The van der Waals surface area contributed by atoms with E-state index in [9.17, 15) is 19.2 Å². The highest BCUT2D eigenvalue weighted by Gasteiger charge is 2.39. The molecule has 0 unspecified atom stereocenters. The molecule has 1 aromatic heterocycles. The Morgan fingerprint density at radius 2 is 1.84 bits per heavy atom. The van der Waals surface area contributed by atoms with E-state index < -0.39 is 18.0 Å². The van der Waals surface area contributed by atoms with Gasteiger partial charge in [-0.15, -0.1) is 11.3 Å².